The second-order valence-corrected chi connectivity index (χ2v) is 3.86. The van der Waals surface area contributed by atoms with Gasteiger partial charge in [-0.15, -0.1) is 0 Å². The van der Waals surface area contributed by atoms with Gasteiger partial charge < -0.3 is 0 Å². The Morgan fingerprint density at radius 2 is 1.88 bits per heavy atom. The number of halogens is 3. The fourth-order valence-electron chi connectivity index (χ4n) is 1.43. The summed E-state index contributed by atoms with van der Waals surface area (Å²) in [5.41, 5.74) is 1.99. The zero-order valence-corrected chi connectivity index (χ0v) is 9.19. The molecule has 4 heteroatoms. The van der Waals surface area contributed by atoms with Gasteiger partial charge >= 0.3 is 6.18 Å². The Bertz CT molecular complexity index is 394. The zero-order valence-electron chi connectivity index (χ0n) is 9.19. The molecule has 1 nitrogen and oxygen atoms in total. The molecule has 1 rings (SSSR count). The lowest BCUT2D eigenvalue weighted by atomic mass is 9.99. The summed E-state index contributed by atoms with van der Waals surface area (Å²) in [7, 11) is 0. The Morgan fingerprint density at radius 1 is 1.25 bits per heavy atom. The standard InChI is InChI=1S/C12H13F3O/c1-8-3-4-9(2)10(7-8)11(16)5-6-12(13,14)15/h3-4,7H,5-6H2,1-2H3. The van der Waals surface area contributed by atoms with E-state index in [-0.39, 0.29) is 0 Å². The number of benzene rings is 1. The Hall–Kier alpha value is -1.32. The van der Waals surface area contributed by atoms with Crippen molar-refractivity contribution in [1.29, 1.82) is 0 Å². The number of carbonyl (C=O) groups is 1. The van der Waals surface area contributed by atoms with Crippen molar-refractivity contribution in [3.63, 3.8) is 0 Å². The molecule has 0 fully saturated rings. The molecule has 0 aliphatic rings. The summed E-state index contributed by atoms with van der Waals surface area (Å²) in [6.45, 7) is 3.53. The minimum Gasteiger partial charge on any atom is -0.294 e. The second-order valence-electron chi connectivity index (χ2n) is 3.86. The lowest BCUT2D eigenvalue weighted by Gasteiger charge is -2.08. The molecule has 88 valence electrons. The maximum absolute atomic E-state index is 12.0. The summed E-state index contributed by atoms with van der Waals surface area (Å²) in [6, 6.07) is 5.21. The first kappa shape index (κ1) is 12.7. The summed E-state index contributed by atoms with van der Waals surface area (Å²) in [4.78, 5) is 11.6. The van der Waals surface area contributed by atoms with Crippen LogP contribution in [0.4, 0.5) is 13.2 Å². The van der Waals surface area contributed by atoms with E-state index in [9.17, 15) is 18.0 Å². The van der Waals surface area contributed by atoms with Crippen molar-refractivity contribution in [2.24, 2.45) is 0 Å². The van der Waals surface area contributed by atoms with Gasteiger partial charge in [-0.2, -0.15) is 13.2 Å². The van der Waals surface area contributed by atoms with Gasteiger partial charge in [-0.05, 0) is 25.5 Å². The number of ketones is 1. The molecule has 16 heavy (non-hydrogen) atoms. The molecule has 0 heterocycles. The van der Waals surface area contributed by atoms with Gasteiger partial charge in [-0.25, -0.2) is 0 Å². The van der Waals surface area contributed by atoms with Crippen LogP contribution in [0.25, 0.3) is 0 Å². The predicted octanol–water partition coefficient (Wildman–Crippen LogP) is 3.83. The van der Waals surface area contributed by atoms with Crippen molar-refractivity contribution in [3.8, 4) is 0 Å². The molecule has 1 aromatic rings. The molecule has 0 spiro atoms. The number of carbonyl (C=O) groups excluding carboxylic acids is 1. The third-order valence-electron chi connectivity index (χ3n) is 2.33. The molecule has 0 unspecified atom stereocenters. The molecule has 0 saturated heterocycles. The van der Waals surface area contributed by atoms with Crippen LogP contribution in [0.2, 0.25) is 0 Å². The van der Waals surface area contributed by atoms with Crippen molar-refractivity contribution >= 4 is 5.78 Å². The highest BCUT2D eigenvalue weighted by molar-refractivity contribution is 5.97. The van der Waals surface area contributed by atoms with Gasteiger partial charge in [-0.1, -0.05) is 17.7 Å². The van der Waals surface area contributed by atoms with Crippen LogP contribution >= 0.6 is 0 Å². The normalized spacial score (nSPS) is 11.6. The van der Waals surface area contributed by atoms with Gasteiger partial charge in [0.1, 0.15) is 0 Å². The summed E-state index contributed by atoms with van der Waals surface area (Å²) in [6.07, 6.45) is -5.81. The van der Waals surface area contributed by atoms with Crippen LogP contribution in [0.1, 0.15) is 34.3 Å². The second kappa shape index (κ2) is 4.68. The lowest BCUT2D eigenvalue weighted by molar-refractivity contribution is -0.133. The van der Waals surface area contributed by atoms with Crippen molar-refractivity contribution in [1.82, 2.24) is 0 Å². The van der Waals surface area contributed by atoms with Crippen LogP contribution in [0.5, 0.6) is 0 Å². The molecule has 0 aliphatic carbocycles. The molecule has 0 aromatic heterocycles. The minimum atomic E-state index is -4.27. The van der Waals surface area contributed by atoms with Gasteiger partial charge in [0.15, 0.2) is 5.78 Å². The minimum absolute atomic E-state index is 0.393. The smallest absolute Gasteiger partial charge is 0.294 e. The highest BCUT2D eigenvalue weighted by atomic mass is 19.4. The predicted molar refractivity (Wildman–Crippen MR) is 55.5 cm³/mol. The third-order valence-corrected chi connectivity index (χ3v) is 2.33. The van der Waals surface area contributed by atoms with E-state index in [4.69, 9.17) is 0 Å². The monoisotopic (exact) mass is 230 g/mol. The van der Waals surface area contributed by atoms with Gasteiger partial charge in [0.25, 0.3) is 0 Å². The molecule has 0 N–H and O–H groups in total. The third kappa shape index (κ3) is 3.68. The van der Waals surface area contributed by atoms with E-state index in [2.05, 4.69) is 0 Å². The first-order valence-corrected chi connectivity index (χ1v) is 4.97. The summed E-state index contributed by atoms with van der Waals surface area (Å²) < 4.78 is 35.9. The average Bonchev–Trinajstić information content (AvgIpc) is 2.17. The molecule has 0 aliphatic heterocycles. The van der Waals surface area contributed by atoms with E-state index in [1.165, 1.54) is 0 Å². The van der Waals surface area contributed by atoms with Crippen LogP contribution in [-0.4, -0.2) is 12.0 Å². The van der Waals surface area contributed by atoms with E-state index in [1.54, 1.807) is 26.0 Å². The first-order valence-electron chi connectivity index (χ1n) is 4.97. The average molecular weight is 230 g/mol. The number of alkyl halides is 3. The van der Waals surface area contributed by atoms with Crippen LogP contribution in [-0.2, 0) is 0 Å². The van der Waals surface area contributed by atoms with Gasteiger partial charge in [-0.3, -0.25) is 4.79 Å². The zero-order chi connectivity index (χ0) is 12.3. The number of hydrogen-bond donors (Lipinski definition) is 0. The van der Waals surface area contributed by atoms with E-state index < -0.39 is 24.8 Å². The van der Waals surface area contributed by atoms with Gasteiger partial charge in [0.2, 0.25) is 0 Å². The first-order chi connectivity index (χ1) is 7.29. The van der Waals surface area contributed by atoms with Crippen LogP contribution in [0.3, 0.4) is 0 Å². The van der Waals surface area contributed by atoms with Gasteiger partial charge in [0.05, 0.1) is 6.42 Å². The molecule has 0 radical (unpaired) electrons. The lowest BCUT2D eigenvalue weighted by Crippen LogP contribution is -2.11. The summed E-state index contributed by atoms with van der Waals surface area (Å²) >= 11 is 0. The Balaban J connectivity index is 2.77. The topological polar surface area (TPSA) is 17.1 Å². The number of rotatable bonds is 3. The van der Waals surface area contributed by atoms with Crippen LogP contribution < -0.4 is 0 Å². The fourth-order valence-corrected chi connectivity index (χ4v) is 1.43. The fraction of sp³-hybridized carbons (Fsp3) is 0.417. The van der Waals surface area contributed by atoms with E-state index in [1.807, 2.05) is 6.07 Å². The number of Topliss-reactive ketones (excluding diaryl/α,β-unsaturated/α-hetero) is 1. The summed E-state index contributed by atoms with van der Waals surface area (Å²) in [5, 5.41) is 0. The highest BCUT2D eigenvalue weighted by Crippen LogP contribution is 2.23. The molecule has 0 amide bonds. The largest absolute Gasteiger partial charge is 0.389 e. The number of hydrogen-bond acceptors (Lipinski definition) is 1. The highest BCUT2D eigenvalue weighted by Gasteiger charge is 2.28. The number of aryl methyl sites for hydroxylation is 2. The van der Waals surface area contributed by atoms with Crippen molar-refractivity contribution in [2.75, 3.05) is 0 Å². The van der Waals surface area contributed by atoms with Crippen molar-refractivity contribution < 1.29 is 18.0 Å². The molecular weight excluding hydrogens is 217 g/mol. The van der Waals surface area contributed by atoms with Crippen molar-refractivity contribution in [3.05, 3.63) is 34.9 Å². The molecule has 0 bridgehead atoms. The SMILES string of the molecule is Cc1ccc(C)c(C(=O)CCC(F)(F)F)c1. The Kier molecular flexibility index (Phi) is 3.73. The molecule has 0 atom stereocenters. The summed E-state index contributed by atoms with van der Waals surface area (Å²) in [5.74, 6) is -0.446. The van der Waals surface area contributed by atoms with E-state index in [0.717, 1.165) is 11.1 Å². The van der Waals surface area contributed by atoms with E-state index in [0.29, 0.717) is 5.56 Å². The van der Waals surface area contributed by atoms with Crippen LogP contribution in [0.15, 0.2) is 18.2 Å². The molecular formula is C12H13F3O. The van der Waals surface area contributed by atoms with Gasteiger partial charge in [0, 0.05) is 12.0 Å². The molecule has 1 aromatic carbocycles. The molecule has 0 saturated carbocycles. The quantitative estimate of drug-likeness (QED) is 0.721. The Morgan fingerprint density at radius 3 is 2.44 bits per heavy atom. The maximum Gasteiger partial charge on any atom is 0.389 e. The maximum atomic E-state index is 12.0. The van der Waals surface area contributed by atoms with Crippen LogP contribution in [0, 0.1) is 13.8 Å². The Labute approximate surface area is 92.3 Å². The van der Waals surface area contributed by atoms with Crippen molar-refractivity contribution in [2.45, 2.75) is 32.9 Å². The van der Waals surface area contributed by atoms with E-state index >= 15 is 0 Å².